The minimum atomic E-state index is -4.95. The molecule has 0 heterocycles. The molecule has 0 saturated heterocycles. The van der Waals surface area contributed by atoms with Crippen LogP contribution in [0.4, 0.5) is 0 Å². The van der Waals surface area contributed by atoms with Crippen LogP contribution < -0.4 is 0 Å². The highest BCUT2D eigenvalue weighted by atomic mass is 31.2. The maximum Gasteiger partial charge on any atom is 0.472 e. The lowest BCUT2D eigenvalue weighted by Crippen LogP contribution is -2.30. The lowest BCUT2D eigenvalue weighted by Gasteiger charge is -2.21. The summed E-state index contributed by atoms with van der Waals surface area (Å²) in [5.41, 5.74) is 0. The third-order valence-electron chi connectivity index (χ3n) is 15.9. The van der Waals surface area contributed by atoms with E-state index in [1.165, 1.54) is 70.6 Å². The summed E-state index contributed by atoms with van der Waals surface area (Å²) in [7, 11) is -9.82. The maximum absolute atomic E-state index is 13.0. The Kier molecular flexibility index (Phi) is 72.8. The number of phosphoric ester groups is 2. The fourth-order valence-electron chi connectivity index (χ4n) is 9.96. The number of carbonyl (C=O) groups excluding carboxylic acids is 3. The quantitative estimate of drug-likeness (QED) is 0.0146. The minimum absolute atomic E-state index is 0.0540. The number of rotatable bonds is 73. The van der Waals surface area contributed by atoms with Gasteiger partial charge in [-0.3, -0.25) is 32.5 Å². The highest BCUT2D eigenvalue weighted by molar-refractivity contribution is 7.47. The molecule has 16 nitrogen and oxygen atoms in total. The van der Waals surface area contributed by atoms with Crippen molar-refractivity contribution in [2.24, 2.45) is 0 Å². The molecule has 5 unspecified atom stereocenters. The largest absolute Gasteiger partial charge is 0.472 e. The molecule has 0 rings (SSSR count). The molecule has 5 atom stereocenters. The first kappa shape index (κ1) is 97.9. The molecule has 0 aromatic carbocycles. The molecule has 0 amide bonds. The van der Waals surface area contributed by atoms with E-state index in [1.807, 2.05) is 0 Å². The van der Waals surface area contributed by atoms with Crippen LogP contribution in [-0.2, 0) is 55.8 Å². The van der Waals surface area contributed by atoms with Crippen molar-refractivity contribution in [3.05, 3.63) is 170 Å². The molecule has 0 fully saturated rings. The van der Waals surface area contributed by atoms with Gasteiger partial charge in [-0.2, -0.15) is 0 Å². The fourth-order valence-corrected chi connectivity index (χ4v) is 11.5. The van der Waals surface area contributed by atoms with Crippen molar-refractivity contribution in [2.75, 3.05) is 39.6 Å². The molecule has 0 aliphatic rings. The first-order valence-corrected chi connectivity index (χ1v) is 42.4. The number of carbonyl (C=O) groups is 3. The van der Waals surface area contributed by atoms with Gasteiger partial charge in [0.1, 0.15) is 25.4 Å². The molecule has 586 valence electrons. The number of esters is 3. The van der Waals surface area contributed by atoms with Crippen LogP contribution in [0.15, 0.2) is 170 Å². The number of unbranched alkanes of at least 4 members (excludes halogenated alkanes) is 22. The highest BCUT2D eigenvalue weighted by Crippen LogP contribution is 2.45. The summed E-state index contributed by atoms with van der Waals surface area (Å²) in [6.07, 6.45) is 96.8. The predicted octanol–water partition coefficient (Wildman–Crippen LogP) is 23.2. The molecule has 103 heavy (non-hydrogen) atoms. The van der Waals surface area contributed by atoms with Crippen molar-refractivity contribution in [1.29, 1.82) is 0 Å². The van der Waals surface area contributed by atoms with Gasteiger partial charge in [0.25, 0.3) is 0 Å². The lowest BCUT2D eigenvalue weighted by molar-refractivity contribution is -0.161. The van der Waals surface area contributed by atoms with Gasteiger partial charge in [0.15, 0.2) is 6.10 Å². The molecule has 0 aliphatic heterocycles. The van der Waals surface area contributed by atoms with Crippen LogP contribution in [0.3, 0.4) is 0 Å². The van der Waals surface area contributed by atoms with Gasteiger partial charge in [-0.05, 0) is 154 Å². The number of ether oxygens (including phenoxy) is 3. The zero-order chi connectivity index (χ0) is 75.2. The SMILES string of the molecule is CC/C=C\C/C=C\C/C=C\C/C=C\C/C=C\CCCCCCCC(=O)OCC(COP(=O)(O)OCC(O)COP(=O)(O)OCC(O)COC(=O)CCCCCCCCCCCCC/C=C\C/C=C\C/C=C\C/C=C\CCCCC)OC(=O)CCCCC/C=C\C/C=C\C/C=C\C/C=C\C/C=C\CC. The van der Waals surface area contributed by atoms with Crippen LogP contribution in [0, 0.1) is 0 Å². The standard InChI is InChI=1S/C85H140O16P2/c1-4-7-10-13-16-19-22-25-28-31-34-36-37-38-39-40-41-43-46-47-50-53-56-59-62-65-68-71-83(88)95-74-80(86)75-97-102(91,92)98-76-81(87)77-99-103(93,94)100-79-82(101-85(90)73-70-67-64-61-58-55-52-49-44-33-30-27-24-21-18-15-12-9-6-3)78-96-84(89)72-69-66-63-60-57-54-51-48-45-42-35-32-29-26-23-20-17-14-11-8-5-2/h8-9,11-12,16-21,25-30,34-36,38-39,42,44,48-49,51,55,58,80-82,86-87H,4-7,10,13-15,22-24,31-33,37,40-41,43,45-47,50,52-54,56-57,59-79H2,1-3H3,(H,91,92)(H,93,94)/b11-8-,12-9-,19-16-,20-17-,21-18-,28-25-,29-26-,30-27-,36-34-,39-38-,42-35-,49-44-,51-48-,58-55-. The second-order valence-corrected chi connectivity index (χ2v) is 28.7. The summed E-state index contributed by atoms with van der Waals surface area (Å²) in [4.78, 5) is 58.7. The van der Waals surface area contributed by atoms with Crippen molar-refractivity contribution in [2.45, 2.75) is 309 Å². The van der Waals surface area contributed by atoms with E-state index in [0.29, 0.717) is 19.3 Å². The Balaban J connectivity index is 4.68. The number of aliphatic hydroxyl groups is 2. The summed E-state index contributed by atoms with van der Waals surface area (Å²) in [5.74, 6) is -1.65. The van der Waals surface area contributed by atoms with E-state index >= 15 is 0 Å². The number of hydrogen-bond donors (Lipinski definition) is 4. The third kappa shape index (κ3) is 77.8. The van der Waals surface area contributed by atoms with Crippen molar-refractivity contribution in [1.82, 2.24) is 0 Å². The molecule has 0 bridgehead atoms. The van der Waals surface area contributed by atoms with E-state index in [4.69, 9.17) is 32.3 Å². The lowest BCUT2D eigenvalue weighted by atomic mass is 10.0. The number of aliphatic hydroxyl groups excluding tert-OH is 2. The molecular weight excluding hydrogens is 1340 g/mol. The van der Waals surface area contributed by atoms with Crippen molar-refractivity contribution in [3.8, 4) is 0 Å². The zero-order valence-electron chi connectivity index (χ0n) is 63.9. The Bertz CT molecular complexity index is 2550. The Hall–Kier alpha value is -5.09. The summed E-state index contributed by atoms with van der Waals surface area (Å²) in [5, 5.41) is 20.6. The van der Waals surface area contributed by atoms with Crippen LogP contribution in [0.5, 0.6) is 0 Å². The second-order valence-electron chi connectivity index (χ2n) is 25.7. The average Bonchev–Trinajstić information content (AvgIpc) is 0.936. The Morgan fingerprint density at radius 1 is 0.282 bits per heavy atom. The fraction of sp³-hybridized carbons (Fsp3) is 0.635. The monoisotopic (exact) mass is 1480 g/mol. The molecule has 0 radical (unpaired) electrons. The van der Waals surface area contributed by atoms with E-state index in [0.717, 1.165) is 161 Å². The van der Waals surface area contributed by atoms with Gasteiger partial charge in [0, 0.05) is 19.3 Å². The molecular formula is C85H140O16P2. The van der Waals surface area contributed by atoms with E-state index < -0.39 is 91.5 Å². The Morgan fingerprint density at radius 2 is 0.515 bits per heavy atom. The molecule has 0 aromatic heterocycles. The van der Waals surface area contributed by atoms with E-state index in [1.54, 1.807) is 0 Å². The summed E-state index contributed by atoms with van der Waals surface area (Å²) in [6, 6.07) is 0. The normalized spacial score (nSPS) is 14.9. The average molecular weight is 1480 g/mol. The molecule has 4 N–H and O–H groups in total. The van der Waals surface area contributed by atoms with E-state index in [9.17, 15) is 43.5 Å². The van der Waals surface area contributed by atoms with Gasteiger partial charge in [0.2, 0.25) is 0 Å². The first-order valence-electron chi connectivity index (χ1n) is 39.4. The van der Waals surface area contributed by atoms with Crippen LogP contribution in [0.1, 0.15) is 290 Å². The molecule has 0 aliphatic carbocycles. The van der Waals surface area contributed by atoms with Crippen molar-refractivity contribution in [3.63, 3.8) is 0 Å². The number of allylic oxidation sites excluding steroid dienone is 28. The molecule has 0 saturated carbocycles. The van der Waals surface area contributed by atoms with Gasteiger partial charge in [-0.1, -0.05) is 287 Å². The predicted molar refractivity (Wildman–Crippen MR) is 426 cm³/mol. The topological polar surface area (TPSA) is 231 Å². The molecule has 0 aromatic rings. The third-order valence-corrected chi connectivity index (χ3v) is 17.8. The van der Waals surface area contributed by atoms with Crippen LogP contribution in [0.25, 0.3) is 0 Å². The second kappa shape index (κ2) is 76.6. The maximum atomic E-state index is 13.0. The first-order chi connectivity index (χ1) is 50.2. The van der Waals surface area contributed by atoms with Gasteiger partial charge in [-0.25, -0.2) is 9.13 Å². The highest BCUT2D eigenvalue weighted by Gasteiger charge is 2.29. The van der Waals surface area contributed by atoms with Crippen molar-refractivity contribution < 1.29 is 75.8 Å². The molecule has 0 spiro atoms. The van der Waals surface area contributed by atoms with E-state index in [2.05, 4.69) is 191 Å². The molecule has 18 heteroatoms. The summed E-state index contributed by atoms with van der Waals surface area (Å²) >= 11 is 0. The van der Waals surface area contributed by atoms with Crippen LogP contribution in [-0.4, -0.2) is 95.9 Å². The van der Waals surface area contributed by atoms with Crippen LogP contribution >= 0.6 is 15.6 Å². The zero-order valence-corrected chi connectivity index (χ0v) is 65.7. The van der Waals surface area contributed by atoms with Gasteiger partial charge in [0.05, 0.1) is 26.4 Å². The minimum Gasteiger partial charge on any atom is -0.463 e. The van der Waals surface area contributed by atoms with Gasteiger partial charge in [-0.15, -0.1) is 0 Å². The number of hydrogen-bond acceptors (Lipinski definition) is 14. The van der Waals surface area contributed by atoms with Crippen LogP contribution in [0.2, 0.25) is 0 Å². The van der Waals surface area contributed by atoms with Gasteiger partial charge < -0.3 is 34.2 Å². The summed E-state index contributed by atoms with van der Waals surface area (Å²) in [6.45, 7) is 2.35. The van der Waals surface area contributed by atoms with Gasteiger partial charge >= 0.3 is 33.6 Å². The smallest absolute Gasteiger partial charge is 0.463 e. The summed E-state index contributed by atoms with van der Waals surface area (Å²) < 4.78 is 61.1. The Labute approximate surface area is 624 Å². The van der Waals surface area contributed by atoms with E-state index in [-0.39, 0.29) is 19.3 Å². The number of phosphoric acid groups is 2. The Morgan fingerprint density at radius 3 is 0.825 bits per heavy atom. The van der Waals surface area contributed by atoms with Crippen molar-refractivity contribution >= 4 is 33.6 Å².